The van der Waals surface area contributed by atoms with Crippen LogP contribution in [0.25, 0.3) is 0 Å². The van der Waals surface area contributed by atoms with Crippen LogP contribution in [-0.2, 0) is 20.5 Å². The molecule has 10 heteroatoms. The third-order valence-corrected chi connectivity index (χ3v) is 3.70. The molecular weight excluding hydrogens is 316 g/mol. The minimum absolute atomic E-state index is 0.155. The highest BCUT2D eigenvalue weighted by molar-refractivity contribution is 7.86. The molecule has 0 saturated heterocycles. The van der Waals surface area contributed by atoms with Crippen molar-refractivity contribution in [3.05, 3.63) is 34.1 Å². The first kappa shape index (κ1) is 16.2. The van der Waals surface area contributed by atoms with Crippen LogP contribution < -0.4 is 0 Å². The van der Waals surface area contributed by atoms with E-state index in [0.717, 1.165) is 0 Å². The lowest BCUT2D eigenvalue weighted by Gasteiger charge is -2.15. The first-order valence-corrected chi connectivity index (χ1v) is 6.39. The molecule has 0 bridgehead atoms. The van der Waals surface area contributed by atoms with Crippen LogP contribution >= 0.6 is 11.6 Å². The highest BCUT2D eigenvalue weighted by atomic mass is 35.5. The lowest BCUT2D eigenvalue weighted by atomic mass is 10.1. The van der Waals surface area contributed by atoms with Gasteiger partial charge in [-0.2, -0.15) is 21.6 Å². The zero-order chi connectivity index (χ0) is 15.0. The van der Waals surface area contributed by atoms with Gasteiger partial charge in [-0.15, -0.1) is 0 Å². The third kappa shape index (κ3) is 3.35. The summed E-state index contributed by atoms with van der Waals surface area (Å²) in [4.78, 5) is 0. The monoisotopic (exact) mass is 322 g/mol. The van der Waals surface area contributed by atoms with Crippen LogP contribution in [0.5, 0.6) is 0 Å². The second kappa shape index (κ2) is 5.23. The van der Waals surface area contributed by atoms with E-state index in [1.165, 1.54) is 0 Å². The van der Waals surface area contributed by atoms with E-state index < -0.39 is 43.7 Å². The summed E-state index contributed by atoms with van der Waals surface area (Å²) in [7, 11) is -3.99. The Hall–Kier alpha value is -0.900. The van der Waals surface area contributed by atoms with E-state index in [4.69, 9.17) is 11.6 Å². The summed E-state index contributed by atoms with van der Waals surface area (Å²) in [6.45, 7) is 0. The van der Waals surface area contributed by atoms with Crippen molar-refractivity contribution in [2.45, 2.75) is 11.6 Å². The minimum atomic E-state index is -4.87. The molecule has 1 aromatic carbocycles. The van der Waals surface area contributed by atoms with E-state index >= 15 is 0 Å². The Morgan fingerprint density at radius 1 is 1.37 bits per heavy atom. The molecule has 108 valence electrons. The van der Waals surface area contributed by atoms with Gasteiger partial charge in [0.15, 0.2) is 0 Å². The molecule has 0 radical (unpaired) electrons. The topological polar surface area (TPSA) is 63.6 Å². The Balaban J connectivity index is 3.48. The van der Waals surface area contributed by atoms with Crippen molar-refractivity contribution >= 4 is 21.7 Å². The Morgan fingerprint density at radius 3 is 2.32 bits per heavy atom. The van der Waals surface area contributed by atoms with Gasteiger partial charge in [-0.1, -0.05) is 11.6 Å². The molecule has 0 aromatic heterocycles. The maximum atomic E-state index is 13.5. The van der Waals surface area contributed by atoms with E-state index in [1.807, 2.05) is 0 Å². The number of aliphatic hydroxyl groups is 1. The first-order valence-electron chi connectivity index (χ1n) is 4.54. The molecule has 0 fully saturated rings. The fourth-order valence-electron chi connectivity index (χ4n) is 1.20. The molecule has 1 unspecified atom stereocenters. The summed E-state index contributed by atoms with van der Waals surface area (Å²) in [6.07, 6.45) is -4.87. The maximum Gasteiger partial charge on any atom is 0.416 e. The molecule has 0 amide bonds. The predicted molar refractivity (Wildman–Crippen MR) is 57.3 cm³/mol. The van der Waals surface area contributed by atoms with Crippen molar-refractivity contribution in [3.63, 3.8) is 0 Å². The molecule has 19 heavy (non-hydrogen) atoms. The summed E-state index contributed by atoms with van der Waals surface area (Å²) in [5, 5.41) is 8.40. The zero-order valence-electron chi connectivity index (χ0n) is 9.20. The average Bonchev–Trinajstić information content (AvgIpc) is 2.30. The standard InChI is InChI=1S/C9H7ClF4O4S/c1-18-19(16,17)8(15)5-2-4(9(12,13)14)3-6(10)7(5)11/h2-3,8,15H,1H3. The smallest absolute Gasteiger partial charge is 0.371 e. The van der Waals surface area contributed by atoms with Crippen LogP contribution in [-0.4, -0.2) is 20.6 Å². The van der Waals surface area contributed by atoms with Gasteiger partial charge < -0.3 is 5.11 Å². The lowest BCUT2D eigenvalue weighted by molar-refractivity contribution is -0.137. The molecule has 0 aliphatic rings. The van der Waals surface area contributed by atoms with Crippen LogP contribution in [0.15, 0.2) is 12.1 Å². The molecule has 0 spiro atoms. The van der Waals surface area contributed by atoms with Crippen molar-refractivity contribution in [1.29, 1.82) is 0 Å². The minimum Gasteiger partial charge on any atom is -0.371 e. The summed E-state index contributed by atoms with van der Waals surface area (Å²) in [5.74, 6) is -1.47. The number of rotatable bonds is 3. The van der Waals surface area contributed by atoms with Crippen LogP contribution in [0.3, 0.4) is 0 Å². The number of halogens is 5. The predicted octanol–water partition coefficient (Wildman–Crippen LogP) is 2.47. The largest absolute Gasteiger partial charge is 0.416 e. The maximum absolute atomic E-state index is 13.5. The summed E-state index contributed by atoms with van der Waals surface area (Å²) in [5.41, 5.74) is -5.14. The molecule has 1 N–H and O–H groups in total. The van der Waals surface area contributed by atoms with E-state index in [0.29, 0.717) is 7.11 Å². The Labute approximate surface area is 110 Å². The number of alkyl halides is 3. The van der Waals surface area contributed by atoms with Crippen LogP contribution in [0.4, 0.5) is 17.6 Å². The summed E-state index contributed by atoms with van der Waals surface area (Å²) >= 11 is 5.24. The zero-order valence-corrected chi connectivity index (χ0v) is 10.8. The van der Waals surface area contributed by atoms with E-state index in [-0.39, 0.29) is 12.1 Å². The molecule has 0 saturated carbocycles. The average molecular weight is 323 g/mol. The van der Waals surface area contributed by atoms with Gasteiger partial charge in [0.05, 0.1) is 17.7 Å². The molecule has 1 aromatic rings. The van der Waals surface area contributed by atoms with Gasteiger partial charge in [0.25, 0.3) is 10.1 Å². The van der Waals surface area contributed by atoms with Crippen LogP contribution in [0, 0.1) is 5.82 Å². The number of hydrogen-bond acceptors (Lipinski definition) is 4. The molecule has 0 aliphatic heterocycles. The third-order valence-electron chi connectivity index (χ3n) is 2.16. The Morgan fingerprint density at radius 2 is 1.89 bits per heavy atom. The second-order valence-electron chi connectivity index (χ2n) is 3.37. The Bertz CT molecular complexity index is 585. The van der Waals surface area contributed by atoms with Crippen LogP contribution in [0.2, 0.25) is 5.02 Å². The number of hydrogen-bond donors (Lipinski definition) is 1. The molecule has 0 heterocycles. The highest BCUT2D eigenvalue weighted by Crippen LogP contribution is 2.36. The Kier molecular flexibility index (Phi) is 4.45. The van der Waals surface area contributed by atoms with Crippen molar-refractivity contribution in [2.24, 2.45) is 0 Å². The van der Waals surface area contributed by atoms with Crippen molar-refractivity contribution < 1.29 is 35.3 Å². The van der Waals surface area contributed by atoms with E-state index in [9.17, 15) is 31.1 Å². The van der Waals surface area contributed by atoms with E-state index in [2.05, 4.69) is 4.18 Å². The molecule has 1 atom stereocenters. The second-order valence-corrected chi connectivity index (χ2v) is 5.54. The van der Waals surface area contributed by atoms with Crippen LogP contribution in [0.1, 0.15) is 16.6 Å². The van der Waals surface area contributed by atoms with Crippen molar-refractivity contribution in [3.8, 4) is 0 Å². The van der Waals surface area contributed by atoms with Gasteiger partial charge in [0.2, 0.25) is 5.44 Å². The van der Waals surface area contributed by atoms with Gasteiger partial charge in [-0.3, -0.25) is 4.18 Å². The molecule has 4 nitrogen and oxygen atoms in total. The van der Waals surface area contributed by atoms with Gasteiger partial charge >= 0.3 is 6.18 Å². The number of aliphatic hydroxyl groups excluding tert-OH is 1. The highest BCUT2D eigenvalue weighted by Gasteiger charge is 2.35. The fraction of sp³-hybridized carbons (Fsp3) is 0.333. The quantitative estimate of drug-likeness (QED) is 0.686. The molecular formula is C9H7ClF4O4S. The van der Waals surface area contributed by atoms with Crippen molar-refractivity contribution in [2.75, 3.05) is 7.11 Å². The van der Waals surface area contributed by atoms with Gasteiger partial charge in [0, 0.05) is 5.56 Å². The van der Waals surface area contributed by atoms with Gasteiger partial charge in [0.1, 0.15) is 5.82 Å². The van der Waals surface area contributed by atoms with Gasteiger partial charge in [-0.05, 0) is 12.1 Å². The SMILES string of the molecule is COS(=O)(=O)C(O)c1cc(C(F)(F)F)cc(Cl)c1F. The van der Waals surface area contributed by atoms with Crippen molar-refractivity contribution in [1.82, 2.24) is 0 Å². The lowest BCUT2D eigenvalue weighted by Crippen LogP contribution is -2.17. The van der Waals surface area contributed by atoms with Gasteiger partial charge in [-0.25, -0.2) is 4.39 Å². The summed E-state index contributed by atoms with van der Waals surface area (Å²) in [6, 6.07) is 0.439. The van der Waals surface area contributed by atoms with E-state index in [1.54, 1.807) is 0 Å². The normalized spacial score (nSPS) is 14.5. The summed E-state index contributed by atoms with van der Waals surface area (Å²) < 4.78 is 77.2. The first-order chi connectivity index (χ1) is 8.50. The number of benzene rings is 1. The molecule has 1 rings (SSSR count). The fourth-order valence-corrected chi connectivity index (χ4v) is 2.09. The molecule has 0 aliphatic carbocycles.